The van der Waals surface area contributed by atoms with Crippen molar-refractivity contribution < 1.29 is 9.53 Å². The van der Waals surface area contributed by atoms with E-state index in [0.717, 1.165) is 30.5 Å². The molecule has 0 aliphatic rings. The quantitative estimate of drug-likeness (QED) is 0.619. The van der Waals surface area contributed by atoms with Crippen molar-refractivity contribution in [3.8, 4) is 5.75 Å². The normalized spacial score (nSPS) is 11.9. The summed E-state index contributed by atoms with van der Waals surface area (Å²) in [6.45, 7) is 4.80. The van der Waals surface area contributed by atoms with Crippen LogP contribution in [0.3, 0.4) is 0 Å². The molecule has 1 N–H and O–H groups in total. The van der Waals surface area contributed by atoms with E-state index in [2.05, 4.69) is 28.2 Å². The maximum atomic E-state index is 11.8. The van der Waals surface area contributed by atoms with E-state index in [0.29, 0.717) is 5.56 Å². The second-order valence-electron chi connectivity index (χ2n) is 4.26. The Labute approximate surface area is 117 Å². The number of ether oxygens (including phenoxy) is 1. The molecule has 0 aliphatic carbocycles. The molecule has 1 aromatic rings. The molecule has 1 amide bonds. The fourth-order valence-electron chi connectivity index (χ4n) is 1.38. The number of nitrogens with one attached hydrogen (secondary N) is 1. The molecule has 100 valence electrons. The summed E-state index contributed by atoms with van der Waals surface area (Å²) < 4.78 is 5.54. The van der Waals surface area contributed by atoms with Crippen molar-refractivity contribution in [2.75, 3.05) is 11.9 Å². The van der Waals surface area contributed by atoms with Gasteiger partial charge >= 0.3 is 0 Å². The van der Waals surface area contributed by atoms with Crippen LogP contribution in [0.15, 0.2) is 24.3 Å². The first-order chi connectivity index (χ1) is 8.67. The van der Waals surface area contributed by atoms with Crippen molar-refractivity contribution in [1.82, 2.24) is 5.32 Å². The third-order valence-corrected chi connectivity index (χ3v) is 3.46. The molecule has 4 heteroatoms. The Morgan fingerprint density at radius 3 is 2.61 bits per heavy atom. The number of alkyl halides is 1. The summed E-state index contributed by atoms with van der Waals surface area (Å²) in [5.41, 5.74) is 0.658. The van der Waals surface area contributed by atoms with E-state index < -0.39 is 0 Å². The number of unbranched alkanes of at least 4 members (excludes halogenated alkanes) is 1. The first-order valence-electron chi connectivity index (χ1n) is 6.27. The number of carbonyl (C=O) groups is 1. The molecule has 1 aromatic carbocycles. The fraction of sp³-hybridized carbons (Fsp3) is 0.500. The van der Waals surface area contributed by atoms with Crippen LogP contribution in [0.1, 0.15) is 37.0 Å². The molecular weight excluding hydrogens is 294 g/mol. The molecule has 0 aliphatic heterocycles. The Morgan fingerprint density at radius 2 is 2.06 bits per heavy atom. The average Bonchev–Trinajstić information content (AvgIpc) is 2.39. The molecule has 0 fully saturated rings. The van der Waals surface area contributed by atoms with E-state index in [1.807, 2.05) is 19.1 Å². The van der Waals surface area contributed by atoms with Crippen molar-refractivity contribution in [2.45, 2.75) is 32.7 Å². The van der Waals surface area contributed by atoms with Gasteiger partial charge in [0.05, 0.1) is 6.61 Å². The monoisotopic (exact) mass is 313 g/mol. The van der Waals surface area contributed by atoms with Gasteiger partial charge in [-0.3, -0.25) is 4.79 Å². The van der Waals surface area contributed by atoms with Crippen LogP contribution < -0.4 is 10.1 Å². The van der Waals surface area contributed by atoms with Gasteiger partial charge in [-0.25, -0.2) is 0 Å². The van der Waals surface area contributed by atoms with Gasteiger partial charge in [-0.15, -0.1) is 0 Å². The topological polar surface area (TPSA) is 38.3 Å². The third kappa shape index (κ3) is 5.08. The largest absolute Gasteiger partial charge is 0.494 e. The van der Waals surface area contributed by atoms with Crippen LogP contribution >= 0.6 is 15.9 Å². The smallest absolute Gasteiger partial charge is 0.251 e. The molecule has 0 spiro atoms. The molecule has 1 unspecified atom stereocenters. The summed E-state index contributed by atoms with van der Waals surface area (Å²) in [6, 6.07) is 7.37. The maximum Gasteiger partial charge on any atom is 0.251 e. The Kier molecular flexibility index (Phi) is 6.80. The molecular formula is C14H20BrNO2. The number of carbonyl (C=O) groups excluding carboxylic acids is 1. The first-order valence-corrected chi connectivity index (χ1v) is 7.39. The van der Waals surface area contributed by atoms with E-state index in [-0.39, 0.29) is 11.9 Å². The van der Waals surface area contributed by atoms with Gasteiger partial charge in [0.2, 0.25) is 0 Å². The number of amides is 1. The lowest BCUT2D eigenvalue weighted by atomic mass is 10.2. The Morgan fingerprint density at radius 1 is 1.39 bits per heavy atom. The van der Waals surface area contributed by atoms with E-state index in [1.54, 1.807) is 12.1 Å². The van der Waals surface area contributed by atoms with Gasteiger partial charge in [0.1, 0.15) is 5.75 Å². The van der Waals surface area contributed by atoms with Crippen LogP contribution in [0.2, 0.25) is 0 Å². The van der Waals surface area contributed by atoms with Crippen molar-refractivity contribution in [1.29, 1.82) is 0 Å². The lowest BCUT2D eigenvalue weighted by molar-refractivity contribution is 0.0944. The number of hydrogen-bond donors (Lipinski definition) is 1. The minimum Gasteiger partial charge on any atom is -0.494 e. The summed E-state index contributed by atoms with van der Waals surface area (Å²) >= 11 is 3.33. The van der Waals surface area contributed by atoms with Crippen molar-refractivity contribution >= 4 is 21.8 Å². The number of rotatable bonds is 7. The maximum absolute atomic E-state index is 11.8. The predicted molar refractivity (Wildman–Crippen MR) is 77.6 cm³/mol. The van der Waals surface area contributed by atoms with Gasteiger partial charge < -0.3 is 10.1 Å². The minimum absolute atomic E-state index is 0.0536. The van der Waals surface area contributed by atoms with Crippen molar-refractivity contribution in [2.24, 2.45) is 0 Å². The van der Waals surface area contributed by atoms with Gasteiger partial charge in [-0.2, -0.15) is 0 Å². The van der Waals surface area contributed by atoms with Gasteiger partial charge in [0.15, 0.2) is 0 Å². The Bertz CT molecular complexity index is 365. The van der Waals surface area contributed by atoms with Gasteiger partial charge in [-0.05, 0) is 37.6 Å². The summed E-state index contributed by atoms with van der Waals surface area (Å²) in [5.74, 6) is 0.760. The van der Waals surface area contributed by atoms with Crippen LogP contribution in [0, 0.1) is 0 Å². The molecule has 0 radical (unpaired) electrons. The highest BCUT2D eigenvalue weighted by Gasteiger charge is 2.08. The number of benzene rings is 1. The highest BCUT2D eigenvalue weighted by molar-refractivity contribution is 9.09. The first kappa shape index (κ1) is 15.0. The summed E-state index contributed by atoms with van der Waals surface area (Å²) in [5, 5.41) is 3.64. The van der Waals surface area contributed by atoms with Crippen LogP contribution in [-0.4, -0.2) is 23.9 Å². The molecule has 1 rings (SSSR count). The summed E-state index contributed by atoms with van der Waals surface area (Å²) in [6.07, 6.45) is 2.16. The van der Waals surface area contributed by atoms with Gasteiger partial charge in [0, 0.05) is 16.9 Å². The van der Waals surface area contributed by atoms with E-state index in [4.69, 9.17) is 4.74 Å². The second kappa shape index (κ2) is 8.14. The molecule has 18 heavy (non-hydrogen) atoms. The lowest BCUT2D eigenvalue weighted by Gasteiger charge is -2.11. The third-order valence-electron chi connectivity index (χ3n) is 2.49. The number of hydrogen-bond acceptors (Lipinski definition) is 2. The fourth-order valence-corrected chi connectivity index (χ4v) is 1.54. The molecule has 0 heterocycles. The van der Waals surface area contributed by atoms with Crippen molar-refractivity contribution in [3.63, 3.8) is 0 Å². The number of halogens is 1. The van der Waals surface area contributed by atoms with Gasteiger partial charge in [0.25, 0.3) is 5.91 Å². The lowest BCUT2D eigenvalue weighted by Crippen LogP contribution is -2.33. The van der Waals surface area contributed by atoms with Crippen molar-refractivity contribution in [3.05, 3.63) is 29.8 Å². The predicted octanol–water partition coefficient (Wildman–Crippen LogP) is 3.38. The second-order valence-corrected chi connectivity index (χ2v) is 4.90. The van der Waals surface area contributed by atoms with Crippen LogP contribution in [-0.2, 0) is 0 Å². The minimum atomic E-state index is -0.0536. The zero-order valence-corrected chi connectivity index (χ0v) is 12.5. The van der Waals surface area contributed by atoms with Crippen LogP contribution in [0.4, 0.5) is 0 Å². The SMILES string of the molecule is CCCCOc1ccc(C(=O)NC(C)CBr)cc1. The Hall–Kier alpha value is -1.03. The highest BCUT2D eigenvalue weighted by atomic mass is 79.9. The summed E-state index contributed by atoms with van der Waals surface area (Å²) in [7, 11) is 0. The molecule has 0 saturated heterocycles. The molecule has 1 atom stereocenters. The summed E-state index contributed by atoms with van der Waals surface area (Å²) in [4.78, 5) is 11.8. The molecule has 0 bridgehead atoms. The van der Waals surface area contributed by atoms with E-state index >= 15 is 0 Å². The van der Waals surface area contributed by atoms with Crippen LogP contribution in [0.25, 0.3) is 0 Å². The molecule has 0 saturated carbocycles. The van der Waals surface area contributed by atoms with Crippen LogP contribution in [0.5, 0.6) is 5.75 Å². The molecule has 3 nitrogen and oxygen atoms in total. The Balaban J connectivity index is 2.51. The molecule has 0 aromatic heterocycles. The average molecular weight is 314 g/mol. The van der Waals surface area contributed by atoms with E-state index in [9.17, 15) is 4.79 Å². The zero-order valence-electron chi connectivity index (χ0n) is 10.9. The highest BCUT2D eigenvalue weighted by Crippen LogP contribution is 2.12. The van der Waals surface area contributed by atoms with E-state index in [1.165, 1.54) is 0 Å². The standard InChI is InChI=1S/C14H20BrNO2/c1-3-4-9-18-13-7-5-12(6-8-13)14(17)16-11(2)10-15/h5-8,11H,3-4,9-10H2,1-2H3,(H,16,17). The zero-order chi connectivity index (χ0) is 13.4. The van der Waals surface area contributed by atoms with Gasteiger partial charge in [-0.1, -0.05) is 29.3 Å².